The van der Waals surface area contributed by atoms with Gasteiger partial charge in [0.1, 0.15) is 42.3 Å². The number of amides is 8. The highest BCUT2D eigenvalue weighted by atomic mass is 16.4. The zero-order valence-corrected chi connectivity index (χ0v) is 41.3. The summed E-state index contributed by atoms with van der Waals surface area (Å²) >= 11 is 0. The number of aromatic amines is 1. The van der Waals surface area contributed by atoms with Gasteiger partial charge in [-0.15, -0.1) is 0 Å². The van der Waals surface area contributed by atoms with Crippen molar-refractivity contribution in [2.45, 2.75) is 154 Å². The first kappa shape index (κ1) is 60.2. The fourth-order valence-electron chi connectivity index (χ4n) is 7.35. The normalized spacial score (nSPS) is 14.6. The molecule has 0 unspecified atom stereocenters. The van der Waals surface area contributed by atoms with Crippen LogP contribution < -0.4 is 54.4 Å². The number of aliphatic carboxylic acids is 2. The molecule has 8 atom stereocenters. The minimum absolute atomic E-state index is 0.0222. The van der Waals surface area contributed by atoms with Crippen molar-refractivity contribution in [3.05, 3.63) is 54.1 Å². The summed E-state index contributed by atoms with van der Waals surface area (Å²) in [4.78, 5) is 139. The van der Waals surface area contributed by atoms with E-state index >= 15 is 0 Å². The third-order valence-electron chi connectivity index (χ3n) is 10.9. The van der Waals surface area contributed by atoms with Crippen LogP contribution in [-0.4, -0.2) is 134 Å². The van der Waals surface area contributed by atoms with Crippen LogP contribution in [0.5, 0.6) is 0 Å². The van der Waals surface area contributed by atoms with Gasteiger partial charge >= 0.3 is 11.9 Å². The summed E-state index contributed by atoms with van der Waals surface area (Å²) in [7, 11) is 0. The molecule has 0 aliphatic carbocycles. The highest BCUT2D eigenvalue weighted by molar-refractivity contribution is 5.99. The molecule has 2 aromatic rings. The highest BCUT2D eigenvalue weighted by Gasteiger charge is 2.36. The molecule has 8 amide bonds. The van der Waals surface area contributed by atoms with Crippen molar-refractivity contribution >= 4 is 59.2 Å². The van der Waals surface area contributed by atoms with Gasteiger partial charge in [-0.1, -0.05) is 71.9 Å². The molecule has 24 nitrogen and oxygen atoms in total. The molecule has 1 aromatic heterocycles. The van der Waals surface area contributed by atoms with Crippen LogP contribution >= 0.6 is 0 Å². The number of unbranched alkanes of at least 4 members (excludes halogenated alkanes) is 1. The van der Waals surface area contributed by atoms with Gasteiger partial charge in [0.15, 0.2) is 0 Å². The quantitative estimate of drug-likeness (QED) is 0.0367. The maximum atomic E-state index is 14.1. The Labute approximate surface area is 413 Å². The van der Waals surface area contributed by atoms with Crippen molar-refractivity contribution in [1.82, 2.24) is 47.2 Å². The summed E-state index contributed by atoms with van der Waals surface area (Å²) in [5.74, 6) is -10.9. The molecular weight excluding hydrogens is 925 g/mol. The van der Waals surface area contributed by atoms with Crippen LogP contribution in [0, 0.1) is 17.8 Å². The predicted molar refractivity (Wildman–Crippen MR) is 259 cm³/mol. The number of rotatable bonds is 33. The lowest BCUT2D eigenvalue weighted by atomic mass is 9.99. The SMILES string of the molecule is CC(C)C[C@H](NC(=O)[C@H](Cc1cnc[nH]1)NC(=O)[C@H](CC(=O)O)NC(=O)[C@H](CC(C)C)NC(=O)[C@H](CC(C)C)NC(=O)[C@H](CC(N)=O)NC(=O)[C@H](CCCCN)NC(=O)[C@@H](N)Cc1ccccc1)C(=O)O. The Morgan fingerprint density at radius 2 is 1.00 bits per heavy atom. The Hall–Kier alpha value is -6.95. The summed E-state index contributed by atoms with van der Waals surface area (Å²) in [5.41, 5.74) is 18.5. The number of imidazole rings is 1. The number of carboxylic acids is 2. The molecule has 0 spiro atoms. The molecule has 0 bridgehead atoms. The van der Waals surface area contributed by atoms with E-state index in [1.807, 2.05) is 6.07 Å². The second-order valence-electron chi connectivity index (χ2n) is 18.8. The minimum atomic E-state index is -1.82. The summed E-state index contributed by atoms with van der Waals surface area (Å²) in [6.45, 7) is 10.7. The van der Waals surface area contributed by atoms with E-state index in [2.05, 4.69) is 47.2 Å². The van der Waals surface area contributed by atoms with Crippen molar-refractivity contribution in [3.63, 3.8) is 0 Å². The van der Waals surface area contributed by atoms with E-state index in [1.54, 1.807) is 65.8 Å². The Morgan fingerprint density at radius 1 is 0.563 bits per heavy atom. The van der Waals surface area contributed by atoms with Gasteiger partial charge < -0.3 is 69.6 Å². The first-order valence-electron chi connectivity index (χ1n) is 23.7. The first-order valence-corrected chi connectivity index (χ1v) is 23.7. The number of aromatic nitrogens is 2. The molecule has 71 heavy (non-hydrogen) atoms. The number of hydrogen-bond donors (Lipinski definition) is 13. The number of nitrogens with two attached hydrogens (primary N) is 3. The number of carboxylic acid groups (broad SMARTS) is 2. The van der Waals surface area contributed by atoms with Gasteiger partial charge in [0.2, 0.25) is 47.3 Å². The lowest BCUT2D eigenvalue weighted by Crippen LogP contribution is -2.61. The molecule has 1 aromatic carbocycles. The van der Waals surface area contributed by atoms with E-state index in [1.165, 1.54) is 12.5 Å². The number of carbonyl (C=O) groups excluding carboxylic acids is 8. The predicted octanol–water partition coefficient (Wildman–Crippen LogP) is -1.38. The molecule has 2 rings (SSSR count). The van der Waals surface area contributed by atoms with Crippen LogP contribution in [0.4, 0.5) is 0 Å². The maximum Gasteiger partial charge on any atom is 0.326 e. The number of primary amides is 1. The number of H-pyrrole nitrogens is 1. The Bertz CT molecular complexity index is 2090. The van der Waals surface area contributed by atoms with Crippen LogP contribution in [0.2, 0.25) is 0 Å². The lowest BCUT2D eigenvalue weighted by Gasteiger charge is -2.28. The summed E-state index contributed by atoms with van der Waals surface area (Å²) < 4.78 is 0. The van der Waals surface area contributed by atoms with Crippen molar-refractivity contribution in [3.8, 4) is 0 Å². The second kappa shape index (κ2) is 30.6. The second-order valence-corrected chi connectivity index (χ2v) is 18.8. The van der Waals surface area contributed by atoms with Gasteiger partial charge in [0.25, 0.3) is 0 Å². The molecule has 24 heteroatoms. The van der Waals surface area contributed by atoms with Gasteiger partial charge in [-0.2, -0.15) is 0 Å². The fraction of sp³-hybridized carbons (Fsp3) is 0.596. The zero-order chi connectivity index (χ0) is 53.4. The molecule has 0 saturated carbocycles. The first-order chi connectivity index (χ1) is 33.4. The van der Waals surface area contributed by atoms with Crippen molar-refractivity contribution in [2.24, 2.45) is 35.0 Å². The number of benzene rings is 1. The van der Waals surface area contributed by atoms with Crippen LogP contribution in [0.25, 0.3) is 0 Å². The van der Waals surface area contributed by atoms with Crippen molar-refractivity contribution in [2.75, 3.05) is 6.54 Å². The van der Waals surface area contributed by atoms with Crippen LogP contribution in [0.15, 0.2) is 42.9 Å². The van der Waals surface area contributed by atoms with Crippen molar-refractivity contribution < 1.29 is 58.2 Å². The monoisotopic (exact) mass is 999 g/mol. The Morgan fingerprint density at radius 3 is 1.46 bits per heavy atom. The molecule has 1 heterocycles. The molecule has 0 saturated heterocycles. The molecular formula is C47H74N12O12. The zero-order valence-electron chi connectivity index (χ0n) is 41.3. The van der Waals surface area contributed by atoms with Crippen LogP contribution in [0.3, 0.4) is 0 Å². The molecule has 0 fully saturated rings. The molecule has 16 N–H and O–H groups in total. The van der Waals surface area contributed by atoms with Crippen molar-refractivity contribution in [1.29, 1.82) is 0 Å². The maximum absolute atomic E-state index is 14.1. The Kier molecular flexibility index (Phi) is 25.9. The number of nitrogens with zero attached hydrogens (tertiary/aromatic N) is 1. The molecule has 394 valence electrons. The standard InChI is InChI=1S/C47H74N12O12/c1-25(2)16-32(55-45(68)35(21-38(50)60)57-41(64)31(14-10-11-15-48)53-40(63)30(49)19-28-12-8-7-9-13-28)42(65)54-33(17-26(3)4)43(66)58-36(22-39(61)62)46(69)56-34(20-29-23-51-24-52-29)44(67)59-37(47(70)71)18-27(5)6/h7-9,12-13,23-27,30-37H,10-11,14-22,48-49H2,1-6H3,(H2,50,60)(H,51,52)(H,53,63)(H,54,65)(H,55,68)(H,56,69)(H,57,64)(H,58,66)(H,59,67)(H,61,62)(H,70,71)/t30-,31-,32-,33-,34-,35-,36-,37-/m0/s1. The third kappa shape index (κ3) is 23.0. The molecule has 0 aliphatic heterocycles. The largest absolute Gasteiger partial charge is 0.481 e. The fourth-order valence-corrected chi connectivity index (χ4v) is 7.35. The minimum Gasteiger partial charge on any atom is -0.481 e. The summed E-state index contributed by atoms with van der Waals surface area (Å²) in [6, 6.07) is -2.35. The number of hydrogen-bond acceptors (Lipinski definition) is 13. The average Bonchev–Trinajstić information content (AvgIpc) is 3.80. The molecule has 0 aliphatic rings. The topological polar surface area (TPSA) is 402 Å². The van der Waals surface area contributed by atoms with Gasteiger partial charge in [-0.25, -0.2) is 9.78 Å². The number of nitrogens with one attached hydrogen (secondary N) is 8. The van der Waals surface area contributed by atoms with E-state index in [4.69, 9.17) is 17.2 Å². The van der Waals surface area contributed by atoms with E-state index < -0.39 is 120 Å². The summed E-state index contributed by atoms with van der Waals surface area (Å²) in [5, 5.41) is 37.0. The average molecular weight is 999 g/mol. The van der Waals surface area contributed by atoms with Crippen LogP contribution in [-0.2, 0) is 60.8 Å². The van der Waals surface area contributed by atoms with Crippen LogP contribution in [0.1, 0.15) is 104 Å². The highest BCUT2D eigenvalue weighted by Crippen LogP contribution is 2.13. The van der Waals surface area contributed by atoms with Gasteiger partial charge in [-0.05, 0) is 74.8 Å². The van der Waals surface area contributed by atoms with Gasteiger partial charge in [-0.3, -0.25) is 43.2 Å². The number of carbonyl (C=O) groups is 10. The van der Waals surface area contributed by atoms with E-state index in [-0.39, 0.29) is 56.3 Å². The smallest absolute Gasteiger partial charge is 0.326 e. The molecule has 0 radical (unpaired) electrons. The lowest BCUT2D eigenvalue weighted by molar-refractivity contribution is -0.143. The van der Waals surface area contributed by atoms with Gasteiger partial charge in [0.05, 0.1) is 25.2 Å². The summed E-state index contributed by atoms with van der Waals surface area (Å²) in [6.07, 6.45) is 1.91. The van der Waals surface area contributed by atoms with E-state index in [0.717, 1.165) is 5.56 Å². The Balaban J connectivity index is 2.36. The van der Waals surface area contributed by atoms with E-state index in [0.29, 0.717) is 25.1 Å². The third-order valence-corrected chi connectivity index (χ3v) is 10.9. The van der Waals surface area contributed by atoms with Gasteiger partial charge in [0, 0.05) is 18.3 Å². The van der Waals surface area contributed by atoms with E-state index in [9.17, 15) is 58.2 Å².